The van der Waals surface area contributed by atoms with Crippen molar-refractivity contribution in [1.29, 1.82) is 0 Å². The molecule has 0 saturated heterocycles. The summed E-state index contributed by atoms with van der Waals surface area (Å²) in [6, 6.07) is 6.12. The fourth-order valence-corrected chi connectivity index (χ4v) is 2.47. The second-order valence-corrected chi connectivity index (χ2v) is 6.05. The van der Waals surface area contributed by atoms with Crippen LogP contribution in [0.4, 0.5) is 0 Å². The number of nitrogens with one attached hydrogen (secondary N) is 1. The Morgan fingerprint density at radius 3 is 2.57 bits per heavy atom. The zero-order chi connectivity index (χ0) is 16.4. The first-order valence-electron chi connectivity index (χ1n) is 7.68. The van der Waals surface area contributed by atoms with Crippen LogP contribution in [0.3, 0.4) is 0 Å². The summed E-state index contributed by atoms with van der Waals surface area (Å²) >= 11 is 0. The van der Waals surface area contributed by atoms with E-state index in [-0.39, 0.29) is 5.91 Å². The zero-order valence-corrected chi connectivity index (χ0v) is 12.9. The van der Waals surface area contributed by atoms with E-state index in [4.69, 9.17) is 0 Å². The third kappa shape index (κ3) is 3.77. The number of aromatic nitrogens is 2. The Balaban J connectivity index is 1.68. The molecule has 3 rings (SSSR count). The molecule has 1 aromatic heterocycles. The van der Waals surface area contributed by atoms with Crippen LogP contribution >= 0.6 is 0 Å². The molecule has 1 saturated carbocycles. The van der Waals surface area contributed by atoms with Gasteiger partial charge < -0.3 is 10.4 Å². The lowest BCUT2D eigenvalue weighted by molar-refractivity contribution is -0.139. The summed E-state index contributed by atoms with van der Waals surface area (Å²) in [5.41, 5.74) is 2.35. The average molecular weight is 313 g/mol. The fourth-order valence-electron chi connectivity index (χ4n) is 2.47. The SMILES string of the molecule is Cc1cnn(-c2ccc(C(=O)NC(CC3CC3)C(=O)O)cc2)c1. The van der Waals surface area contributed by atoms with Gasteiger partial charge in [-0.3, -0.25) is 4.79 Å². The van der Waals surface area contributed by atoms with Crippen molar-refractivity contribution in [3.8, 4) is 5.69 Å². The number of aryl methyl sites for hydroxylation is 1. The molecule has 0 aliphatic heterocycles. The van der Waals surface area contributed by atoms with E-state index in [1.54, 1.807) is 35.1 Å². The van der Waals surface area contributed by atoms with Crippen molar-refractivity contribution in [2.45, 2.75) is 32.2 Å². The van der Waals surface area contributed by atoms with E-state index in [1.807, 2.05) is 13.1 Å². The molecule has 2 N–H and O–H groups in total. The van der Waals surface area contributed by atoms with E-state index in [0.717, 1.165) is 24.1 Å². The van der Waals surface area contributed by atoms with E-state index >= 15 is 0 Å². The number of carboxylic acid groups (broad SMARTS) is 1. The quantitative estimate of drug-likeness (QED) is 0.856. The second-order valence-electron chi connectivity index (χ2n) is 6.05. The van der Waals surface area contributed by atoms with E-state index in [9.17, 15) is 14.7 Å². The first-order valence-corrected chi connectivity index (χ1v) is 7.68. The van der Waals surface area contributed by atoms with Crippen molar-refractivity contribution in [2.24, 2.45) is 5.92 Å². The van der Waals surface area contributed by atoms with Crippen molar-refractivity contribution in [2.75, 3.05) is 0 Å². The molecule has 1 fully saturated rings. The van der Waals surface area contributed by atoms with Gasteiger partial charge in [0.05, 0.1) is 11.9 Å². The molecule has 2 aromatic rings. The molecule has 0 radical (unpaired) electrons. The summed E-state index contributed by atoms with van der Waals surface area (Å²) in [5, 5.41) is 16.0. The molecule has 1 atom stereocenters. The highest BCUT2D eigenvalue weighted by molar-refractivity contribution is 5.96. The van der Waals surface area contributed by atoms with Crippen LogP contribution < -0.4 is 5.32 Å². The number of carboxylic acids is 1. The molecule has 1 aliphatic rings. The summed E-state index contributed by atoms with van der Waals surface area (Å²) in [7, 11) is 0. The molecule has 120 valence electrons. The number of rotatable bonds is 6. The average Bonchev–Trinajstić information content (AvgIpc) is 3.25. The maximum atomic E-state index is 12.2. The Labute approximate surface area is 134 Å². The maximum Gasteiger partial charge on any atom is 0.326 e. The number of hydrogen-bond acceptors (Lipinski definition) is 3. The number of nitrogens with zero attached hydrogens (tertiary/aromatic N) is 2. The Morgan fingerprint density at radius 2 is 2.04 bits per heavy atom. The molecule has 1 unspecified atom stereocenters. The molecular formula is C17H19N3O3. The van der Waals surface area contributed by atoms with Crippen molar-refractivity contribution in [3.05, 3.63) is 47.8 Å². The van der Waals surface area contributed by atoms with Crippen molar-refractivity contribution < 1.29 is 14.7 Å². The summed E-state index contributed by atoms with van der Waals surface area (Å²) in [5.74, 6) is -0.906. The third-order valence-corrected chi connectivity index (χ3v) is 3.98. The minimum absolute atomic E-state index is 0.360. The summed E-state index contributed by atoms with van der Waals surface area (Å²) in [4.78, 5) is 23.5. The van der Waals surface area contributed by atoms with Crippen LogP contribution in [0.15, 0.2) is 36.7 Å². The molecule has 1 heterocycles. The lowest BCUT2D eigenvalue weighted by Gasteiger charge is -2.14. The molecular weight excluding hydrogens is 294 g/mol. The number of carbonyl (C=O) groups excluding carboxylic acids is 1. The van der Waals surface area contributed by atoms with Crippen LogP contribution in [0.1, 0.15) is 35.2 Å². The van der Waals surface area contributed by atoms with E-state index in [1.165, 1.54) is 0 Å². The minimum Gasteiger partial charge on any atom is -0.480 e. The van der Waals surface area contributed by atoms with Crippen LogP contribution in [0, 0.1) is 12.8 Å². The van der Waals surface area contributed by atoms with Crippen LogP contribution in [-0.4, -0.2) is 32.8 Å². The molecule has 1 aromatic carbocycles. The van der Waals surface area contributed by atoms with Gasteiger partial charge in [0.2, 0.25) is 0 Å². The van der Waals surface area contributed by atoms with E-state index < -0.39 is 12.0 Å². The molecule has 1 amide bonds. The molecule has 0 spiro atoms. The maximum absolute atomic E-state index is 12.2. The minimum atomic E-state index is -0.978. The highest BCUT2D eigenvalue weighted by atomic mass is 16.4. The van der Waals surface area contributed by atoms with Gasteiger partial charge in [-0.05, 0) is 49.1 Å². The largest absolute Gasteiger partial charge is 0.480 e. The normalized spacial score (nSPS) is 15.2. The van der Waals surface area contributed by atoms with Crippen LogP contribution in [0.2, 0.25) is 0 Å². The Bertz CT molecular complexity index is 717. The smallest absolute Gasteiger partial charge is 0.326 e. The molecule has 23 heavy (non-hydrogen) atoms. The predicted octanol–water partition coefficient (Wildman–Crippen LogP) is 2.16. The number of hydrogen-bond donors (Lipinski definition) is 2. The summed E-state index contributed by atoms with van der Waals surface area (Å²) in [6.07, 6.45) is 6.27. The fraction of sp³-hybridized carbons (Fsp3) is 0.353. The van der Waals surface area contributed by atoms with Gasteiger partial charge in [-0.15, -0.1) is 0 Å². The van der Waals surface area contributed by atoms with Crippen LogP contribution in [-0.2, 0) is 4.79 Å². The van der Waals surface area contributed by atoms with Crippen LogP contribution in [0.25, 0.3) is 5.69 Å². The second kappa shape index (κ2) is 6.24. The molecule has 6 heteroatoms. The Morgan fingerprint density at radius 1 is 1.35 bits per heavy atom. The van der Waals surface area contributed by atoms with Crippen LogP contribution in [0.5, 0.6) is 0 Å². The molecule has 6 nitrogen and oxygen atoms in total. The van der Waals surface area contributed by atoms with E-state index in [0.29, 0.717) is 17.9 Å². The molecule has 0 bridgehead atoms. The Hall–Kier alpha value is -2.63. The van der Waals surface area contributed by atoms with Gasteiger partial charge in [-0.1, -0.05) is 12.8 Å². The van der Waals surface area contributed by atoms with Gasteiger partial charge in [-0.2, -0.15) is 5.10 Å². The zero-order valence-electron chi connectivity index (χ0n) is 12.9. The summed E-state index contributed by atoms with van der Waals surface area (Å²) < 4.78 is 1.73. The first-order chi connectivity index (χ1) is 11.0. The van der Waals surface area contributed by atoms with Gasteiger partial charge in [0.15, 0.2) is 0 Å². The Kier molecular flexibility index (Phi) is 4.14. The number of amides is 1. The standard InChI is InChI=1S/C17H19N3O3/c1-11-9-18-20(10-11)14-6-4-13(5-7-14)16(21)19-15(17(22)23)8-12-2-3-12/h4-7,9-10,12,15H,2-3,8H2,1H3,(H,19,21)(H,22,23). The molecule has 1 aliphatic carbocycles. The topological polar surface area (TPSA) is 84.2 Å². The number of benzene rings is 1. The van der Waals surface area contributed by atoms with Crippen molar-refractivity contribution in [3.63, 3.8) is 0 Å². The highest BCUT2D eigenvalue weighted by Crippen LogP contribution is 2.33. The van der Waals surface area contributed by atoms with Gasteiger partial charge in [0, 0.05) is 11.8 Å². The van der Waals surface area contributed by atoms with Gasteiger partial charge in [-0.25, -0.2) is 9.48 Å². The van der Waals surface area contributed by atoms with Gasteiger partial charge in [0.1, 0.15) is 6.04 Å². The number of aliphatic carboxylic acids is 1. The summed E-state index contributed by atoms with van der Waals surface area (Å²) in [6.45, 7) is 1.96. The van der Waals surface area contributed by atoms with Crippen molar-refractivity contribution >= 4 is 11.9 Å². The van der Waals surface area contributed by atoms with Crippen molar-refractivity contribution in [1.82, 2.24) is 15.1 Å². The third-order valence-electron chi connectivity index (χ3n) is 3.98. The van der Waals surface area contributed by atoms with Gasteiger partial charge >= 0.3 is 5.97 Å². The lowest BCUT2D eigenvalue weighted by Crippen LogP contribution is -2.41. The first kappa shape index (κ1) is 15.3. The number of carbonyl (C=O) groups is 2. The monoisotopic (exact) mass is 313 g/mol. The van der Waals surface area contributed by atoms with Gasteiger partial charge in [0.25, 0.3) is 5.91 Å². The van der Waals surface area contributed by atoms with E-state index in [2.05, 4.69) is 10.4 Å². The predicted molar refractivity (Wildman–Crippen MR) is 84.5 cm³/mol. The lowest BCUT2D eigenvalue weighted by atomic mass is 10.1. The highest BCUT2D eigenvalue weighted by Gasteiger charge is 2.30.